The molecular weight excluding hydrogens is 226 g/mol. The average molecular weight is 247 g/mol. The summed E-state index contributed by atoms with van der Waals surface area (Å²) in [7, 11) is -2.87. The number of hydrogen-bond acceptors (Lipinski definition) is 4. The van der Waals surface area contributed by atoms with E-state index in [0.29, 0.717) is 5.75 Å². The maximum atomic E-state index is 11.3. The quantitative estimate of drug-likeness (QED) is 0.757. The van der Waals surface area contributed by atoms with Crippen LogP contribution < -0.4 is 0 Å². The van der Waals surface area contributed by atoms with Crippen molar-refractivity contribution in [1.82, 2.24) is 4.90 Å². The molecule has 1 aliphatic carbocycles. The van der Waals surface area contributed by atoms with E-state index in [-0.39, 0.29) is 18.1 Å². The molecule has 0 aromatic rings. The minimum Gasteiger partial charge on any atom is -0.395 e. The standard InChI is InChI=1S/C11H21NO3S/c1-16(14,15)9-11(4-5-11)8-12-6-2-3-10(12)7-13/h10,13H,2-9H2,1H3/t10-/m1/s1. The molecule has 16 heavy (non-hydrogen) atoms. The second-order valence-corrected chi connectivity index (χ2v) is 7.66. The topological polar surface area (TPSA) is 57.6 Å². The van der Waals surface area contributed by atoms with E-state index in [1.165, 1.54) is 6.26 Å². The van der Waals surface area contributed by atoms with E-state index in [1.807, 2.05) is 0 Å². The molecule has 2 fully saturated rings. The molecule has 0 bridgehead atoms. The Labute approximate surface area is 97.6 Å². The Morgan fingerprint density at radius 1 is 1.44 bits per heavy atom. The van der Waals surface area contributed by atoms with Crippen molar-refractivity contribution < 1.29 is 13.5 Å². The molecule has 1 aliphatic heterocycles. The molecular formula is C11H21NO3S. The van der Waals surface area contributed by atoms with Crippen LogP contribution in [-0.2, 0) is 9.84 Å². The Balaban J connectivity index is 1.94. The van der Waals surface area contributed by atoms with Crippen molar-refractivity contribution >= 4 is 9.84 Å². The second-order valence-electron chi connectivity index (χ2n) is 5.52. The van der Waals surface area contributed by atoms with E-state index in [1.54, 1.807) is 0 Å². The van der Waals surface area contributed by atoms with E-state index in [2.05, 4.69) is 4.90 Å². The Morgan fingerprint density at radius 3 is 2.62 bits per heavy atom. The number of likely N-dealkylation sites (tertiary alicyclic amines) is 1. The van der Waals surface area contributed by atoms with E-state index in [9.17, 15) is 13.5 Å². The Bertz CT molecular complexity index is 348. The normalized spacial score (nSPS) is 29.5. The third kappa shape index (κ3) is 2.96. The molecule has 2 rings (SSSR count). The van der Waals surface area contributed by atoms with Gasteiger partial charge in [0.1, 0.15) is 9.84 Å². The van der Waals surface area contributed by atoms with Gasteiger partial charge in [-0.2, -0.15) is 0 Å². The molecule has 5 heteroatoms. The summed E-state index contributed by atoms with van der Waals surface area (Å²) in [5.41, 5.74) is 0.00530. The zero-order chi connectivity index (χ0) is 11.8. The number of nitrogens with zero attached hydrogens (tertiary/aromatic N) is 1. The molecule has 0 amide bonds. The maximum absolute atomic E-state index is 11.3. The summed E-state index contributed by atoms with van der Waals surface area (Å²) in [4.78, 5) is 2.28. The summed E-state index contributed by atoms with van der Waals surface area (Å²) < 4.78 is 22.7. The summed E-state index contributed by atoms with van der Waals surface area (Å²) in [5, 5.41) is 9.23. The van der Waals surface area contributed by atoms with Gasteiger partial charge < -0.3 is 5.11 Å². The first-order chi connectivity index (χ1) is 7.44. The SMILES string of the molecule is CS(=O)(=O)CC1(CN2CCC[C@@H]2CO)CC1. The zero-order valence-electron chi connectivity index (χ0n) is 9.85. The second kappa shape index (κ2) is 4.27. The summed E-state index contributed by atoms with van der Waals surface area (Å²) >= 11 is 0. The van der Waals surface area contributed by atoms with Gasteiger partial charge >= 0.3 is 0 Å². The lowest BCUT2D eigenvalue weighted by molar-refractivity contribution is 0.141. The van der Waals surface area contributed by atoms with Crippen LogP contribution >= 0.6 is 0 Å². The highest BCUT2D eigenvalue weighted by atomic mass is 32.2. The average Bonchev–Trinajstić information content (AvgIpc) is 2.75. The van der Waals surface area contributed by atoms with Crippen LogP contribution in [0.2, 0.25) is 0 Å². The van der Waals surface area contributed by atoms with Crippen molar-refractivity contribution in [3.05, 3.63) is 0 Å². The predicted octanol–water partition coefficient (Wildman–Crippen LogP) is 0.268. The minimum absolute atomic E-state index is 0.00530. The van der Waals surface area contributed by atoms with Crippen molar-refractivity contribution in [2.75, 3.05) is 31.7 Å². The minimum atomic E-state index is -2.87. The number of sulfone groups is 1. The van der Waals surface area contributed by atoms with Gasteiger partial charge in [-0.3, -0.25) is 4.90 Å². The Kier molecular flexibility index (Phi) is 3.29. The first-order valence-electron chi connectivity index (χ1n) is 5.97. The number of hydrogen-bond donors (Lipinski definition) is 1. The smallest absolute Gasteiger partial charge is 0.148 e. The van der Waals surface area contributed by atoms with Crippen LogP contribution in [-0.4, -0.2) is 56.2 Å². The third-order valence-electron chi connectivity index (χ3n) is 3.77. The lowest BCUT2D eigenvalue weighted by Crippen LogP contribution is -2.38. The van der Waals surface area contributed by atoms with Crippen LogP contribution in [0.1, 0.15) is 25.7 Å². The molecule has 1 atom stereocenters. The molecule has 1 saturated carbocycles. The van der Waals surface area contributed by atoms with Crippen molar-refractivity contribution in [3.8, 4) is 0 Å². The van der Waals surface area contributed by atoms with Crippen molar-refractivity contribution in [2.24, 2.45) is 5.41 Å². The molecule has 2 aliphatic rings. The zero-order valence-corrected chi connectivity index (χ0v) is 10.7. The van der Waals surface area contributed by atoms with Gasteiger partial charge in [0.2, 0.25) is 0 Å². The van der Waals surface area contributed by atoms with Gasteiger partial charge in [-0.25, -0.2) is 8.42 Å². The van der Waals surface area contributed by atoms with Crippen LogP contribution in [0.4, 0.5) is 0 Å². The van der Waals surface area contributed by atoms with Crippen LogP contribution in [0, 0.1) is 5.41 Å². The predicted molar refractivity (Wildman–Crippen MR) is 63.1 cm³/mol. The molecule has 0 unspecified atom stereocenters. The van der Waals surface area contributed by atoms with Gasteiger partial charge in [-0.1, -0.05) is 0 Å². The summed E-state index contributed by atoms with van der Waals surface area (Å²) in [6.45, 7) is 2.07. The molecule has 0 radical (unpaired) electrons. The summed E-state index contributed by atoms with van der Waals surface area (Å²) in [5.74, 6) is 0.314. The molecule has 1 saturated heterocycles. The first kappa shape index (κ1) is 12.3. The molecule has 1 heterocycles. The molecule has 94 valence electrons. The van der Waals surface area contributed by atoms with E-state index < -0.39 is 9.84 Å². The van der Waals surface area contributed by atoms with E-state index in [4.69, 9.17) is 0 Å². The molecule has 0 spiro atoms. The monoisotopic (exact) mass is 247 g/mol. The van der Waals surface area contributed by atoms with Gasteiger partial charge in [0.15, 0.2) is 0 Å². The summed E-state index contributed by atoms with van der Waals surface area (Å²) in [6.07, 6.45) is 5.54. The lowest BCUT2D eigenvalue weighted by Gasteiger charge is -2.27. The fourth-order valence-electron chi connectivity index (χ4n) is 2.82. The molecule has 4 nitrogen and oxygen atoms in total. The number of aliphatic hydroxyl groups excluding tert-OH is 1. The maximum Gasteiger partial charge on any atom is 0.148 e. The van der Waals surface area contributed by atoms with E-state index >= 15 is 0 Å². The highest BCUT2D eigenvalue weighted by Gasteiger charge is 2.47. The Hall–Kier alpha value is -0.130. The summed E-state index contributed by atoms with van der Waals surface area (Å²) in [6, 6.07) is 0.261. The van der Waals surface area contributed by atoms with Crippen LogP contribution in [0.25, 0.3) is 0 Å². The lowest BCUT2D eigenvalue weighted by atomic mass is 10.1. The van der Waals surface area contributed by atoms with Gasteiger partial charge in [-0.15, -0.1) is 0 Å². The van der Waals surface area contributed by atoms with Gasteiger partial charge in [0, 0.05) is 18.8 Å². The molecule has 0 aromatic heterocycles. The van der Waals surface area contributed by atoms with Crippen LogP contribution in [0.5, 0.6) is 0 Å². The Morgan fingerprint density at radius 2 is 2.12 bits per heavy atom. The largest absolute Gasteiger partial charge is 0.395 e. The first-order valence-corrected chi connectivity index (χ1v) is 8.03. The molecule has 0 aromatic carbocycles. The van der Waals surface area contributed by atoms with Crippen molar-refractivity contribution in [1.29, 1.82) is 0 Å². The molecule has 1 N–H and O–H groups in total. The fourth-order valence-corrected chi connectivity index (χ4v) is 4.31. The van der Waals surface area contributed by atoms with Gasteiger partial charge in [0.05, 0.1) is 12.4 Å². The van der Waals surface area contributed by atoms with Gasteiger partial charge in [0.25, 0.3) is 0 Å². The van der Waals surface area contributed by atoms with Crippen LogP contribution in [0.15, 0.2) is 0 Å². The number of aliphatic hydroxyl groups is 1. The highest BCUT2D eigenvalue weighted by Crippen LogP contribution is 2.48. The van der Waals surface area contributed by atoms with Crippen molar-refractivity contribution in [2.45, 2.75) is 31.7 Å². The fraction of sp³-hybridized carbons (Fsp3) is 1.00. The van der Waals surface area contributed by atoms with Crippen molar-refractivity contribution in [3.63, 3.8) is 0 Å². The van der Waals surface area contributed by atoms with Crippen LogP contribution in [0.3, 0.4) is 0 Å². The number of rotatable bonds is 5. The van der Waals surface area contributed by atoms with E-state index in [0.717, 1.165) is 38.8 Å². The third-order valence-corrected chi connectivity index (χ3v) is 4.91. The van der Waals surface area contributed by atoms with Gasteiger partial charge in [-0.05, 0) is 37.6 Å². The highest BCUT2D eigenvalue weighted by molar-refractivity contribution is 7.90.